The predicted octanol–water partition coefficient (Wildman–Crippen LogP) is 4.85. The monoisotopic (exact) mass is 362 g/mol. The summed E-state index contributed by atoms with van der Waals surface area (Å²) in [4.78, 5) is 0. The Balaban J connectivity index is 2.90. The lowest BCUT2D eigenvalue weighted by Crippen LogP contribution is -2.00. The van der Waals surface area contributed by atoms with Crippen LogP contribution >= 0.6 is 15.9 Å². The van der Waals surface area contributed by atoms with Gasteiger partial charge in [-0.1, -0.05) is 26.2 Å². The van der Waals surface area contributed by atoms with Gasteiger partial charge in [0.15, 0.2) is 11.5 Å². The van der Waals surface area contributed by atoms with Crippen LogP contribution in [0.5, 0.6) is 11.5 Å². The molecule has 0 aliphatic heterocycles. The fourth-order valence-electron chi connectivity index (χ4n) is 1.92. The minimum atomic E-state index is 0.0437. The molecule has 0 saturated carbocycles. The van der Waals surface area contributed by atoms with E-state index < -0.39 is 0 Å². The number of nitrogens with zero attached hydrogens (tertiary/aromatic N) is 2. The molecule has 4 nitrogen and oxygen atoms in total. The lowest BCUT2D eigenvalue weighted by Gasteiger charge is -2.13. The third kappa shape index (κ3) is 5.42. The number of methoxy groups -OCH3 is 1. The number of ether oxygens (including phenoxy) is 2. The molecule has 0 unspecified atom stereocenters. The first-order chi connectivity index (χ1) is 10.7. The summed E-state index contributed by atoms with van der Waals surface area (Å²) in [6, 6.07) is 7.23. The van der Waals surface area contributed by atoms with Crippen LogP contribution in [-0.4, -0.2) is 13.7 Å². The van der Waals surface area contributed by atoms with E-state index in [0.717, 1.165) is 17.3 Å². The van der Waals surface area contributed by atoms with Crippen LogP contribution in [0, 0.1) is 22.7 Å². The Labute approximate surface area is 140 Å². The Morgan fingerprint density at radius 2 is 1.95 bits per heavy atom. The molecule has 0 saturated heterocycles. The van der Waals surface area contributed by atoms with Crippen molar-refractivity contribution in [2.45, 2.75) is 32.6 Å². The van der Waals surface area contributed by atoms with Crippen molar-refractivity contribution < 1.29 is 9.47 Å². The van der Waals surface area contributed by atoms with Gasteiger partial charge >= 0.3 is 0 Å². The largest absolute Gasteiger partial charge is 0.493 e. The molecule has 0 aliphatic carbocycles. The number of hydrogen-bond acceptors (Lipinski definition) is 4. The first-order valence-corrected chi connectivity index (χ1v) is 7.97. The highest BCUT2D eigenvalue weighted by molar-refractivity contribution is 9.10. The highest BCUT2D eigenvalue weighted by Crippen LogP contribution is 2.37. The molecular weight excluding hydrogens is 344 g/mol. The summed E-state index contributed by atoms with van der Waals surface area (Å²) in [5.74, 6) is 1.22. The van der Waals surface area contributed by atoms with Crippen LogP contribution in [0.15, 0.2) is 22.2 Å². The minimum Gasteiger partial charge on any atom is -0.493 e. The van der Waals surface area contributed by atoms with Crippen molar-refractivity contribution in [3.8, 4) is 23.6 Å². The molecule has 0 N–H and O–H groups in total. The number of unbranched alkanes of at least 4 members (excludes halogenated alkanes) is 3. The van der Waals surface area contributed by atoms with Gasteiger partial charge in [-0.15, -0.1) is 0 Å². The maximum Gasteiger partial charge on any atom is 0.175 e. The van der Waals surface area contributed by atoms with Gasteiger partial charge in [0.25, 0.3) is 0 Å². The maximum absolute atomic E-state index is 8.82. The van der Waals surface area contributed by atoms with Crippen LogP contribution in [0.1, 0.15) is 38.2 Å². The number of rotatable bonds is 8. The summed E-state index contributed by atoms with van der Waals surface area (Å²) in [5.41, 5.74) is 0.752. The minimum absolute atomic E-state index is 0.0437. The van der Waals surface area contributed by atoms with Crippen molar-refractivity contribution >= 4 is 22.0 Å². The Morgan fingerprint density at radius 1 is 1.23 bits per heavy atom. The summed E-state index contributed by atoms with van der Waals surface area (Å²) in [6.45, 7) is 2.80. The van der Waals surface area contributed by atoms with Gasteiger partial charge in [-0.05, 0) is 46.1 Å². The Bertz CT molecular complexity index is 596. The molecule has 0 aliphatic rings. The average Bonchev–Trinajstić information content (AvgIpc) is 2.53. The summed E-state index contributed by atoms with van der Waals surface area (Å²) in [6.07, 6.45) is 6.05. The van der Waals surface area contributed by atoms with E-state index in [4.69, 9.17) is 20.0 Å². The molecule has 0 radical (unpaired) electrons. The normalized spacial score (nSPS) is 9.50. The van der Waals surface area contributed by atoms with E-state index in [-0.39, 0.29) is 5.57 Å². The molecule has 1 rings (SSSR count). The molecule has 0 heterocycles. The van der Waals surface area contributed by atoms with Crippen molar-refractivity contribution in [3.63, 3.8) is 0 Å². The van der Waals surface area contributed by atoms with Crippen LogP contribution in [-0.2, 0) is 0 Å². The molecule has 0 aromatic heterocycles. The van der Waals surface area contributed by atoms with E-state index in [1.165, 1.54) is 18.9 Å². The number of nitriles is 2. The number of halogens is 1. The van der Waals surface area contributed by atoms with Crippen LogP contribution in [0.25, 0.3) is 6.08 Å². The summed E-state index contributed by atoms with van der Waals surface area (Å²) >= 11 is 3.46. The predicted molar refractivity (Wildman–Crippen MR) is 89.5 cm³/mol. The fourth-order valence-corrected chi connectivity index (χ4v) is 2.50. The molecule has 1 aromatic rings. The van der Waals surface area contributed by atoms with E-state index in [9.17, 15) is 0 Å². The van der Waals surface area contributed by atoms with Gasteiger partial charge in [0.1, 0.15) is 17.7 Å². The van der Waals surface area contributed by atoms with Crippen molar-refractivity contribution in [3.05, 3.63) is 27.7 Å². The Hall–Kier alpha value is -1.98. The lowest BCUT2D eigenvalue weighted by atomic mass is 10.1. The average molecular weight is 363 g/mol. The van der Waals surface area contributed by atoms with Gasteiger partial charge in [0.2, 0.25) is 0 Å². The SMILES string of the molecule is CCCCCCOc1c(Br)cc(C=C(C#N)C#N)cc1OC. The van der Waals surface area contributed by atoms with Crippen molar-refractivity contribution in [1.82, 2.24) is 0 Å². The molecule has 0 spiro atoms. The van der Waals surface area contributed by atoms with Crippen LogP contribution in [0.2, 0.25) is 0 Å². The third-order valence-corrected chi connectivity index (χ3v) is 3.64. The zero-order valence-electron chi connectivity index (χ0n) is 12.9. The summed E-state index contributed by atoms with van der Waals surface area (Å²) < 4.78 is 11.9. The van der Waals surface area contributed by atoms with E-state index in [1.807, 2.05) is 12.1 Å². The van der Waals surface area contributed by atoms with Crippen LogP contribution in [0.3, 0.4) is 0 Å². The second-order valence-corrected chi connectivity index (χ2v) is 5.58. The quantitative estimate of drug-likeness (QED) is 0.489. The maximum atomic E-state index is 8.82. The fraction of sp³-hybridized carbons (Fsp3) is 0.412. The molecular formula is C17H19BrN2O2. The smallest absolute Gasteiger partial charge is 0.175 e. The number of benzene rings is 1. The van der Waals surface area contributed by atoms with Crippen molar-refractivity contribution in [2.24, 2.45) is 0 Å². The zero-order chi connectivity index (χ0) is 16.4. The summed E-state index contributed by atoms with van der Waals surface area (Å²) in [7, 11) is 1.56. The van der Waals surface area contributed by atoms with Crippen LogP contribution in [0.4, 0.5) is 0 Å². The van der Waals surface area contributed by atoms with Crippen LogP contribution < -0.4 is 9.47 Å². The van der Waals surface area contributed by atoms with Gasteiger partial charge in [0, 0.05) is 0 Å². The molecule has 0 fully saturated rings. The number of allylic oxidation sites excluding steroid dienone is 1. The Kier molecular flexibility index (Phi) is 8.10. The molecule has 0 bridgehead atoms. The third-order valence-electron chi connectivity index (χ3n) is 3.05. The van der Waals surface area contributed by atoms with Gasteiger partial charge in [-0.2, -0.15) is 10.5 Å². The van der Waals surface area contributed by atoms with E-state index in [1.54, 1.807) is 19.2 Å². The van der Waals surface area contributed by atoms with Crippen molar-refractivity contribution in [2.75, 3.05) is 13.7 Å². The van der Waals surface area contributed by atoms with E-state index in [2.05, 4.69) is 22.9 Å². The Morgan fingerprint density at radius 3 is 2.55 bits per heavy atom. The van der Waals surface area contributed by atoms with Crippen molar-refractivity contribution in [1.29, 1.82) is 10.5 Å². The second kappa shape index (κ2) is 9.87. The molecule has 0 amide bonds. The van der Waals surface area contributed by atoms with E-state index in [0.29, 0.717) is 23.7 Å². The zero-order valence-corrected chi connectivity index (χ0v) is 14.4. The summed E-state index contributed by atoms with van der Waals surface area (Å²) in [5, 5.41) is 17.6. The van der Waals surface area contributed by atoms with Gasteiger partial charge < -0.3 is 9.47 Å². The van der Waals surface area contributed by atoms with Gasteiger partial charge in [-0.25, -0.2) is 0 Å². The first kappa shape index (κ1) is 18.1. The molecule has 1 aromatic carbocycles. The van der Waals surface area contributed by atoms with Gasteiger partial charge in [0.05, 0.1) is 18.2 Å². The van der Waals surface area contributed by atoms with Gasteiger partial charge in [-0.3, -0.25) is 0 Å². The first-order valence-electron chi connectivity index (χ1n) is 7.18. The highest BCUT2D eigenvalue weighted by atomic mass is 79.9. The molecule has 5 heteroatoms. The standard InChI is InChI=1S/C17H19BrN2O2/c1-3-4-5-6-7-22-17-15(18)9-13(10-16(17)21-2)8-14(11-19)12-20/h8-10H,3-7H2,1-2H3. The molecule has 0 atom stereocenters. The second-order valence-electron chi connectivity index (χ2n) is 4.72. The highest BCUT2D eigenvalue weighted by Gasteiger charge is 2.11. The van der Waals surface area contributed by atoms with E-state index >= 15 is 0 Å². The topological polar surface area (TPSA) is 66.0 Å². The lowest BCUT2D eigenvalue weighted by molar-refractivity contribution is 0.283. The molecule has 22 heavy (non-hydrogen) atoms. The number of hydrogen-bond donors (Lipinski definition) is 0. The molecule has 116 valence electrons.